The molecule has 1 heterocycles. The average Bonchev–Trinajstić information content (AvgIpc) is 2.21. The minimum atomic E-state index is -0.192. The molecule has 0 aliphatic rings. The summed E-state index contributed by atoms with van der Waals surface area (Å²) in [6.45, 7) is 1.99. The second-order valence-corrected chi connectivity index (χ2v) is 3.90. The van der Waals surface area contributed by atoms with Crippen LogP contribution in [0.25, 0.3) is 0 Å². The van der Waals surface area contributed by atoms with Gasteiger partial charge in [-0.25, -0.2) is 4.98 Å². The van der Waals surface area contributed by atoms with Crippen molar-refractivity contribution in [1.29, 1.82) is 0 Å². The topological polar surface area (TPSA) is 39.2 Å². The highest BCUT2D eigenvalue weighted by molar-refractivity contribution is 6.30. The molecule has 0 aliphatic heterocycles. The number of ether oxygens (including phenoxy) is 1. The van der Waals surface area contributed by atoms with Crippen molar-refractivity contribution in [2.24, 2.45) is 5.92 Å². The molecule has 0 fully saturated rings. The number of hydrogen-bond donors (Lipinski definition) is 0. The smallest absolute Gasteiger partial charge is 0.305 e. The standard InChI is InChI=1S/C11H14ClNO2/c1-8(7-10(14)15-2)6-9-4-3-5-13-11(9)12/h3-5,8H,6-7H2,1-2H3. The predicted octanol–water partition coefficient (Wildman–Crippen LogP) is 2.48. The molecule has 0 radical (unpaired) electrons. The number of nitrogens with zero attached hydrogens (tertiary/aromatic N) is 1. The summed E-state index contributed by atoms with van der Waals surface area (Å²) >= 11 is 5.91. The van der Waals surface area contributed by atoms with Crippen molar-refractivity contribution in [3.8, 4) is 0 Å². The summed E-state index contributed by atoms with van der Waals surface area (Å²) in [6, 6.07) is 3.76. The third kappa shape index (κ3) is 3.88. The number of rotatable bonds is 4. The molecule has 1 unspecified atom stereocenters. The second-order valence-electron chi connectivity index (χ2n) is 3.54. The monoisotopic (exact) mass is 227 g/mol. The number of hydrogen-bond acceptors (Lipinski definition) is 3. The Morgan fingerprint density at radius 2 is 2.40 bits per heavy atom. The molecule has 1 rings (SSSR count). The van der Waals surface area contributed by atoms with E-state index < -0.39 is 0 Å². The van der Waals surface area contributed by atoms with E-state index in [1.165, 1.54) is 7.11 Å². The molecule has 1 atom stereocenters. The number of carbonyl (C=O) groups is 1. The predicted molar refractivity (Wildman–Crippen MR) is 58.7 cm³/mol. The molecule has 1 aromatic heterocycles. The molecule has 0 saturated carbocycles. The number of pyridine rings is 1. The van der Waals surface area contributed by atoms with Crippen LogP contribution in [0.2, 0.25) is 5.15 Å². The molecule has 3 nitrogen and oxygen atoms in total. The molecular formula is C11H14ClNO2. The molecular weight excluding hydrogens is 214 g/mol. The molecule has 0 saturated heterocycles. The number of carbonyl (C=O) groups excluding carboxylic acids is 1. The summed E-state index contributed by atoms with van der Waals surface area (Å²) in [7, 11) is 1.39. The van der Waals surface area contributed by atoms with Crippen LogP contribution in [0.3, 0.4) is 0 Å². The highest BCUT2D eigenvalue weighted by atomic mass is 35.5. The lowest BCUT2D eigenvalue weighted by Crippen LogP contribution is -2.09. The third-order valence-electron chi connectivity index (χ3n) is 2.15. The molecule has 82 valence electrons. The number of methoxy groups -OCH3 is 1. The van der Waals surface area contributed by atoms with Crippen molar-refractivity contribution in [1.82, 2.24) is 4.98 Å². The lowest BCUT2D eigenvalue weighted by Gasteiger charge is -2.10. The highest BCUT2D eigenvalue weighted by Gasteiger charge is 2.11. The van der Waals surface area contributed by atoms with E-state index in [4.69, 9.17) is 11.6 Å². The Bertz CT molecular complexity index is 341. The average molecular weight is 228 g/mol. The van der Waals surface area contributed by atoms with Gasteiger partial charge in [0.15, 0.2) is 0 Å². The van der Waals surface area contributed by atoms with Gasteiger partial charge in [-0.3, -0.25) is 4.79 Å². The van der Waals surface area contributed by atoms with Crippen molar-refractivity contribution in [2.45, 2.75) is 19.8 Å². The summed E-state index contributed by atoms with van der Waals surface area (Å²) in [5, 5.41) is 0.509. The number of esters is 1. The van der Waals surface area contributed by atoms with Gasteiger partial charge >= 0.3 is 5.97 Å². The molecule has 0 aliphatic carbocycles. The molecule has 0 aromatic carbocycles. The lowest BCUT2D eigenvalue weighted by atomic mass is 9.99. The minimum absolute atomic E-state index is 0.192. The first-order chi connectivity index (χ1) is 7.13. The highest BCUT2D eigenvalue weighted by Crippen LogP contribution is 2.18. The van der Waals surface area contributed by atoms with Crippen LogP contribution in [0.1, 0.15) is 18.9 Å². The van der Waals surface area contributed by atoms with Crippen molar-refractivity contribution in [3.05, 3.63) is 29.0 Å². The van der Waals surface area contributed by atoms with E-state index in [-0.39, 0.29) is 11.9 Å². The van der Waals surface area contributed by atoms with Gasteiger partial charge in [0.1, 0.15) is 5.15 Å². The van der Waals surface area contributed by atoms with Gasteiger partial charge in [0.05, 0.1) is 7.11 Å². The van der Waals surface area contributed by atoms with Crippen LogP contribution in [0.4, 0.5) is 0 Å². The molecule has 0 bridgehead atoms. The van der Waals surface area contributed by atoms with Crippen molar-refractivity contribution in [3.63, 3.8) is 0 Å². The van der Waals surface area contributed by atoms with Crippen LogP contribution in [0, 0.1) is 5.92 Å². The molecule has 0 N–H and O–H groups in total. The Labute approximate surface area is 94.4 Å². The van der Waals surface area contributed by atoms with Crippen LogP contribution in [-0.2, 0) is 16.0 Å². The quantitative estimate of drug-likeness (QED) is 0.586. The second kappa shape index (κ2) is 5.71. The zero-order valence-electron chi connectivity index (χ0n) is 8.87. The summed E-state index contributed by atoms with van der Waals surface area (Å²) in [6.07, 6.45) is 2.79. The van der Waals surface area contributed by atoms with Crippen molar-refractivity contribution in [2.75, 3.05) is 7.11 Å². The van der Waals surface area contributed by atoms with E-state index in [1.807, 2.05) is 19.1 Å². The molecule has 0 spiro atoms. The van der Waals surface area contributed by atoms with Gasteiger partial charge in [0, 0.05) is 12.6 Å². The maximum atomic E-state index is 11.0. The summed E-state index contributed by atoms with van der Waals surface area (Å²) in [5.41, 5.74) is 0.968. The zero-order chi connectivity index (χ0) is 11.3. The Balaban J connectivity index is 2.55. The molecule has 0 amide bonds. The maximum absolute atomic E-state index is 11.0. The van der Waals surface area contributed by atoms with E-state index in [0.29, 0.717) is 11.6 Å². The van der Waals surface area contributed by atoms with Gasteiger partial charge in [-0.1, -0.05) is 24.6 Å². The molecule has 1 aromatic rings. The molecule has 15 heavy (non-hydrogen) atoms. The largest absolute Gasteiger partial charge is 0.469 e. The van der Waals surface area contributed by atoms with E-state index >= 15 is 0 Å². The Morgan fingerprint density at radius 1 is 1.67 bits per heavy atom. The normalized spacial score (nSPS) is 12.2. The first-order valence-corrected chi connectivity index (χ1v) is 5.17. The summed E-state index contributed by atoms with van der Waals surface area (Å²) in [5.74, 6) is 0.0154. The fraction of sp³-hybridized carbons (Fsp3) is 0.455. The first-order valence-electron chi connectivity index (χ1n) is 4.79. The van der Waals surface area contributed by atoms with E-state index in [9.17, 15) is 4.79 Å². The number of aromatic nitrogens is 1. The maximum Gasteiger partial charge on any atom is 0.305 e. The van der Waals surface area contributed by atoms with Crippen molar-refractivity contribution < 1.29 is 9.53 Å². The van der Waals surface area contributed by atoms with Crippen LogP contribution in [0.15, 0.2) is 18.3 Å². The summed E-state index contributed by atoms with van der Waals surface area (Å²) < 4.78 is 4.60. The SMILES string of the molecule is COC(=O)CC(C)Cc1cccnc1Cl. The van der Waals surface area contributed by atoms with Crippen molar-refractivity contribution >= 4 is 17.6 Å². The van der Waals surface area contributed by atoms with Gasteiger partial charge in [0.25, 0.3) is 0 Å². The Hall–Kier alpha value is -1.09. The third-order valence-corrected chi connectivity index (χ3v) is 2.49. The Kier molecular flexibility index (Phi) is 4.56. The van der Waals surface area contributed by atoms with Gasteiger partial charge in [-0.15, -0.1) is 0 Å². The van der Waals surface area contributed by atoms with Crippen LogP contribution >= 0.6 is 11.6 Å². The first kappa shape index (κ1) is 12.0. The fourth-order valence-corrected chi connectivity index (χ4v) is 1.58. The number of halogens is 1. The lowest BCUT2D eigenvalue weighted by molar-refractivity contribution is -0.141. The van der Waals surface area contributed by atoms with Gasteiger partial charge in [-0.2, -0.15) is 0 Å². The van der Waals surface area contributed by atoms with Crippen LogP contribution in [0.5, 0.6) is 0 Å². The fourth-order valence-electron chi connectivity index (χ4n) is 1.39. The van der Waals surface area contributed by atoms with E-state index in [1.54, 1.807) is 6.20 Å². The van der Waals surface area contributed by atoms with Gasteiger partial charge in [0.2, 0.25) is 0 Å². The van der Waals surface area contributed by atoms with E-state index in [0.717, 1.165) is 12.0 Å². The van der Waals surface area contributed by atoms with Crippen LogP contribution in [-0.4, -0.2) is 18.1 Å². The van der Waals surface area contributed by atoms with Crippen LogP contribution < -0.4 is 0 Å². The zero-order valence-corrected chi connectivity index (χ0v) is 9.62. The summed E-state index contributed by atoms with van der Waals surface area (Å²) in [4.78, 5) is 15.0. The van der Waals surface area contributed by atoms with Gasteiger partial charge in [-0.05, 0) is 24.0 Å². The minimum Gasteiger partial charge on any atom is -0.469 e. The molecule has 4 heteroatoms. The van der Waals surface area contributed by atoms with E-state index in [2.05, 4.69) is 9.72 Å². The van der Waals surface area contributed by atoms with Gasteiger partial charge < -0.3 is 4.74 Å². The Morgan fingerprint density at radius 3 is 3.00 bits per heavy atom.